The summed E-state index contributed by atoms with van der Waals surface area (Å²) in [5.41, 5.74) is 0. The molecule has 0 bridgehead atoms. The first-order valence-corrected chi connectivity index (χ1v) is 6.06. The Hall–Kier alpha value is -0.820. The molecule has 0 radical (unpaired) electrons. The minimum atomic E-state index is -4.44. The van der Waals surface area contributed by atoms with Crippen molar-refractivity contribution in [3.63, 3.8) is 0 Å². The van der Waals surface area contributed by atoms with E-state index in [1.807, 2.05) is 11.8 Å². The van der Waals surface area contributed by atoms with Gasteiger partial charge < -0.3 is 10.0 Å². The fourth-order valence-corrected chi connectivity index (χ4v) is 1.89. The van der Waals surface area contributed by atoms with Gasteiger partial charge in [0.25, 0.3) is 0 Å². The molecule has 106 valence electrons. The van der Waals surface area contributed by atoms with Gasteiger partial charge in [0, 0.05) is 32.7 Å². The highest BCUT2D eigenvalue weighted by atomic mass is 19.4. The van der Waals surface area contributed by atoms with Crippen molar-refractivity contribution < 1.29 is 23.1 Å². The third kappa shape index (κ3) is 5.22. The number of aliphatic hydroxyl groups is 1. The average Bonchev–Trinajstić information content (AvgIpc) is 2.27. The number of β-amino-alcohol motifs (C(OH)–C–C–N with tert-alkyl or cyclic N) is 1. The van der Waals surface area contributed by atoms with Crippen molar-refractivity contribution in [2.75, 3.05) is 32.7 Å². The van der Waals surface area contributed by atoms with Gasteiger partial charge in [0.2, 0.25) is 5.91 Å². The van der Waals surface area contributed by atoms with Crippen LogP contribution in [0, 0.1) is 0 Å². The Morgan fingerprint density at radius 3 is 2.28 bits per heavy atom. The fraction of sp³-hybridized carbons (Fsp3) is 0.909. The van der Waals surface area contributed by atoms with Gasteiger partial charge in [-0.15, -0.1) is 0 Å². The average molecular weight is 268 g/mol. The van der Waals surface area contributed by atoms with Crippen molar-refractivity contribution in [2.24, 2.45) is 0 Å². The number of amides is 1. The van der Waals surface area contributed by atoms with Crippen LogP contribution in [0.25, 0.3) is 0 Å². The number of nitrogens with zero attached hydrogens (tertiary/aromatic N) is 2. The number of carbonyl (C=O) groups excluding carboxylic acids is 1. The van der Waals surface area contributed by atoms with Crippen LogP contribution < -0.4 is 0 Å². The number of aliphatic hydroxyl groups excluding tert-OH is 1. The number of rotatable bonds is 4. The second-order valence-corrected chi connectivity index (χ2v) is 4.54. The van der Waals surface area contributed by atoms with Crippen molar-refractivity contribution in [2.45, 2.75) is 32.0 Å². The van der Waals surface area contributed by atoms with Crippen molar-refractivity contribution in [3.8, 4) is 0 Å². The first-order chi connectivity index (χ1) is 8.31. The summed E-state index contributed by atoms with van der Waals surface area (Å²) in [6.45, 7) is 4.00. The lowest BCUT2D eigenvalue weighted by molar-refractivity contribution is -0.162. The zero-order valence-corrected chi connectivity index (χ0v) is 10.4. The predicted molar refractivity (Wildman–Crippen MR) is 60.0 cm³/mol. The van der Waals surface area contributed by atoms with Crippen molar-refractivity contribution >= 4 is 5.91 Å². The quantitative estimate of drug-likeness (QED) is 0.822. The summed E-state index contributed by atoms with van der Waals surface area (Å²) in [7, 11) is 0. The molecule has 1 aliphatic heterocycles. The van der Waals surface area contributed by atoms with Gasteiger partial charge in [0.1, 0.15) is 6.42 Å². The summed E-state index contributed by atoms with van der Waals surface area (Å²) in [4.78, 5) is 14.5. The molecule has 1 unspecified atom stereocenters. The number of carbonyl (C=O) groups is 1. The number of hydrogen-bond acceptors (Lipinski definition) is 3. The molecule has 1 aliphatic rings. The lowest BCUT2D eigenvalue weighted by Gasteiger charge is -2.35. The number of alkyl halides is 3. The monoisotopic (exact) mass is 268 g/mol. The second-order valence-electron chi connectivity index (χ2n) is 4.54. The largest absolute Gasteiger partial charge is 0.397 e. The highest BCUT2D eigenvalue weighted by molar-refractivity contribution is 5.76. The maximum atomic E-state index is 12.1. The van der Waals surface area contributed by atoms with E-state index < -0.39 is 24.6 Å². The summed E-state index contributed by atoms with van der Waals surface area (Å²) < 4.78 is 36.2. The Labute approximate surface area is 104 Å². The summed E-state index contributed by atoms with van der Waals surface area (Å²) in [5.74, 6) is -0.863. The first kappa shape index (κ1) is 15.2. The molecule has 7 heteroatoms. The normalized spacial score (nSPS) is 19.9. The molecule has 0 aromatic heterocycles. The predicted octanol–water partition coefficient (Wildman–Crippen LogP) is 0.854. The van der Waals surface area contributed by atoms with E-state index in [1.54, 1.807) is 0 Å². The Morgan fingerprint density at radius 2 is 1.83 bits per heavy atom. The maximum absolute atomic E-state index is 12.1. The molecule has 1 heterocycles. The van der Waals surface area contributed by atoms with E-state index in [4.69, 9.17) is 0 Å². The third-order valence-electron chi connectivity index (χ3n) is 3.02. The van der Waals surface area contributed by atoms with Gasteiger partial charge in [0.05, 0.1) is 6.10 Å². The lowest BCUT2D eigenvalue weighted by Crippen LogP contribution is -2.50. The van der Waals surface area contributed by atoms with Gasteiger partial charge in [-0.3, -0.25) is 9.69 Å². The first-order valence-electron chi connectivity index (χ1n) is 6.06. The Kier molecular flexibility index (Phi) is 5.40. The molecular formula is C11H19F3N2O2. The molecule has 0 aromatic rings. The van der Waals surface area contributed by atoms with Gasteiger partial charge in [-0.1, -0.05) is 6.92 Å². The van der Waals surface area contributed by atoms with Crippen LogP contribution in [-0.2, 0) is 4.79 Å². The molecule has 1 fully saturated rings. The van der Waals surface area contributed by atoms with Crippen LogP contribution in [0.2, 0.25) is 0 Å². The maximum Gasteiger partial charge on any atom is 0.397 e. The summed E-state index contributed by atoms with van der Waals surface area (Å²) in [6.07, 6.45) is -5.59. The van der Waals surface area contributed by atoms with Crippen molar-refractivity contribution in [3.05, 3.63) is 0 Å². The van der Waals surface area contributed by atoms with E-state index in [0.717, 1.165) is 0 Å². The zero-order valence-electron chi connectivity index (χ0n) is 10.4. The highest BCUT2D eigenvalue weighted by Crippen LogP contribution is 2.21. The molecular weight excluding hydrogens is 249 g/mol. The zero-order chi connectivity index (χ0) is 13.8. The van der Waals surface area contributed by atoms with E-state index in [-0.39, 0.29) is 0 Å². The molecule has 1 rings (SSSR count). The minimum Gasteiger partial charge on any atom is -0.392 e. The van der Waals surface area contributed by atoms with Crippen LogP contribution in [0.5, 0.6) is 0 Å². The van der Waals surface area contributed by atoms with E-state index in [2.05, 4.69) is 0 Å². The van der Waals surface area contributed by atoms with E-state index in [1.165, 1.54) is 4.90 Å². The van der Waals surface area contributed by atoms with Crippen molar-refractivity contribution in [1.29, 1.82) is 0 Å². The Bertz CT molecular complexity index is 276. The molecule has 1 N–H and O–H groups in total. The van der Waals surface area contributed by atoms with Crippen LogP contribution in [-0.4, -0.2) is 65.8 Å². The van der Waals surface area contributed by atoms with E-state index in [9.17, 15) is 23.1 Å². The van der Waals surface area contributed by atoms with E-state index >= 15 is 0 Å². The number of piperazine rings is 1. The fourth-order valence-electron chi connectivity index (χ4n) is 1.89. The van der Waals surface area contributed by atoms with Crippen LogP contribution >= 0.6 is 0 Å². The van der Waals surface area contributed by atoms with Gasteiger partial charge in [0.15, 0.2) is 0 Å². The molecule has 1 atom stereocenters. The van der Waals surface area contributed by atoms with Crippen LogP contribution in [0.1, 0.15) is 19.8 Å². The number of halogens is 3. The molecule has 1 amide bonds. The summed E-state index contributed by atoms with van der Waals surface area (Å²) >= 11 is 0. The molecule has 18 heavy (non-hydrogen) atoms. The molecule has 0 aromatic carbocycles. The Balaban J connectivity index is 2.33. The Morgan fingerprint density at radius 1 is 1.28 bits per heavy atom. The lowest BCUT2D eigenvalue weighted by atomic mass is 10.2. The number of hydrogen-bond donors (Lipinski definition) is 1. The van der Waals surface area contributed by atoms with Gasteiger partial charge in [-0.05, 0) is 6.42 Å². The standard InChI is InChI=1S/C11H19F3N2O2/c1-2-9(17)8-15-3-5-16(6-4-15)10(18)7-11(12,13)14/h9,17H,2-8H2,1H3. The topological polar surface area (TPSA) is 43.8 Å². The van der Waals surface area contributed by atoms with Gasteiger partial charge >= 0.3 is 6.18 Å². The molecule has 0 aliphatic carbocycles. The van der Waals surface area contributed by atoms with Crippen LogP contribution in [0.15, 0.2) is 0 Å². The molecule has 1 saturated heterocycles. The van der Waals surface area contributed by atoms with Crippen LogP contribution in [0.4, 0.5) is 13.2 Å². The molecule has 0 saturated carbocycles. The summed E-state index contributed by atoms with van der Waals surface area (Å²) in [6, 6.07) is 0. The SMILES string of the molecule is CCC(O)CN1CCN(C(=O)CC(F)(F)F)CC1. The molecule has 4 nitrogen and oxygen atoms in total. The smallest absolute Gasteiger partial charge is 0.392 e. The van der Waals surface area contributed by atoms with Gasteiger partial charge in [-0.25, -0.2) is 0 Å². The molecule has 0 spiro atoms. The third-order valence-corrected chi connectivity index (χ3v) is 3.02. The highest BCUT2D eigenvalue weighted by Gasteiger charge is 2.34. The van der Waals surface area contributed by atoms with Crippen molar-refractivity contribution in [1.82, 2.24) is 9.80 Å². The summed E-state index contributed by atoms with van der Waals surface area (Å²) in [5, 5.41) is 9.47. The second kappa shape index (κ2) is 6.38. The van der Waals surface area contributed by atoms with Gasteiger partial charge in [-0.2, -0.15) is 13.2 Å². The van der Waals surface area contributed by atoms with E-state index in [0.29, 0.717) is 39.1 Å². The van der Waals surface area contributed by atoms with Crippen LogP contribution in [0.3, 0.4) is 0 Å². The minimum absolute atomic E-state index is 0.297.